The lowest BCUT2D eigenvalue weighted by Gasteiger charge is -2.14. The monoisotopic (exact) mass is 403 g/mol. The van der Waals surface area contributed by atoms with Gasteiger partial charge in [0, 0.05) is 13.0 Å². The van der Waals surface area contributed by atoms with E-state index in [4.69, 9.17) is 14.1 Å². The van der Waals surface area contributed by atoms with E-state index < -0.39 is 0 Å². The van der Waals surface area contributed by atoms with Crippen LogP contribution in [0.15, 0.2) is 65.3 Å². The average Bonchev–Trinajstić information content (AvgIpc) is 3.39. The molecule has 0 aliphatic carbocycles. The summed E-state index contributed by atoms with van der Waals surface area (Å²) in [7, 11) is 0. The maximum Gasteiger partial charge on any atom is 0.286 e. The van der Waals surface area contributed by atoms with Crippen molar-refractivity contribution in [1.82, 2.24) is 14.9 Å². The van der Waals surface area contributed by atoms with E-state index in [2.05, 4.69) is 41.9 Å². The van der Waals surface area contributed by atoms with Crippen molar-refractivity contribution in [3.05, 3.63) is 83.6 Å². The number of nitrogens with zero attached hydrogens (tertiary/aromatic N) is 2. The second-order valence-corrected chi connectivity index (χ2v) is 7.22. The van der Waals surface area contributed by atoms with E-state index in [0.29, 0.717) is 31.9 Å². The maximum atomic E-state index is 12.1. The highest BCUT2D eigenvalue weighted by Crippen LogP contribution is 2.23. The first-order valence-electron chi connectivity index (χ1n) is 10.1. The van der Waals surface area contributed by atoms with Crippen molar-refractivity contribution in [3.8, 4) is 5.75 Å². The fourth-order valence-corrected chi connectivity index (χ4v) is 3.61. The Morgan fingerprint density at radius 1 is 1.07 bits per heavy atom. The highest BCUT2D eigenvalue weighted by molar-refractivity contribution is 5.91. The number of rotatable bonds is 8. The van der Waals surface area contributed by atoms with Crippen LogP contribution < -0.4 is 10.1 Å². The SMILES string of the molecule is Cc1cccc(C)c1OCCn1c(CCNC(=O)c2ccco2)nc2ccccc21. The number of ether oxygens (including phenoxy) is 1. The molecular weight excluding hydrogens is 378 g/mol. The quantitative estimate of drug-likeness (QED) is 0.476. The number of para-hydroxylation sites is 3. The first kappa shape index (κ1) is 19.8. The Hall–Kier alpha value is -3.54. The predicted molar refractivity (Wildman–Crippen MR) is 116 cm³/mol. The summed E-state index contributed by atoms with van der Waals surface area (Å²) in [6.45, 7) is 5.80. The van der Waals surface area contributed by atoms with E-state index >= 15 is 0 Å². The second kappa shape index (κ2) is 8.86. The fourth-order valence-electron chi connectivity index (χ4n) is 3.61. The lowest BCUT2D eigenvalue weighted by Crippen LogP contribution is -2.26. The first-order chi connectivity index (χ1) is 14.6. The standard InChI is InChI=1S/C24H25N3O3/c1-17-7-5-8-18(2)23(17)30-16-14-27-20-10-4-3-9-19(20)26-22(27)12-13-25-24(28)21-11-6-15-29-21/h3-11,15H,12-14,16H2,1-2H3,(H,25,28). The molecule has 0 atom stereocenters. The fraction of sp³-hybridized carbons (Fsp3) is 0.250. The molecule has 6 heteroatoms. The number of carbonyl (C=O) groups is 1. The van der Waals surface area contributed by atoms with E-state index in [1.807, 2.05) is 24.3 Å². The molecule has 0 saturated heterocycles. The molecule has 30 heavy (non-hydrogen) atoms. The molecule has 0 aliphatic heterocycles. The highest BCUT2D eigenvalue weighted by atomic mass is 16.5. The molecule has 4 aromatic rings. The van der Waals surface area contributed by atoms with Gasteiger partial charge in [0.05, 0.1) is 23.8 Å². The molecule has 0 fully saturated rings. The van der Waals surface area contributed by atoms with Gasteiger partial charge in [-0.05, 0) is 49.2 Å². The summed E-state index contributed by atoms with van der Waals surface area (Å²) >= 11 is 0. The number of aromatic nitrogens is 2. The van der Waals surface area contributed by atoms with Crippen LogP contribution in [0.4, 0.5) is 0 Å². The van der Waals surface area contributed by atoms with Crippen molar-refractivity contribution in [3.63, 3.8) is 0 Å². The number of furan rings is 1. The van der Waals surface area contributed by atoms with Gasteiger partial charge in [-0.3, -0.25) is 4.79 Å². The number of amides is 1. The van der Waals surface area contributed by atoms with Gasteiger partial charge in [-0.1, -0.05) is 30.3 Å². The number of benzene rings is 2. The van der Waals surface area contributed by atoms with Crippen molar-refractivity contribution in [2.45, 2.75) is 26.8 Å². The summed E-state index contributed by atoms with van der Waals surface area (Å²) in [6, 6.07) is 17.6. The number of aryl methyl sites for hydroxylation is 2. The van der Waals surface area contributed by atoms with E-state index in [1.54, 1.807) is 12.1 Å². The van der Waals surface area contributed by atoms with E-state index in [9.17, 15) is 4.79 Å². The van der Waals surface area contributed by atoms with Gasteiger partial charge < -0.3 is 19.0 Å². The summed E-state index contributed by atoms with van der Waals surface area (Å²) in [6.07, 6.45) is 2.11. The molecule has 0 radical (unpaired) electrons. The molecular formula is C24H25N3O3. The molecule has 1 N–H and O–H groups in total. The van der Waals surface area contributed by atoms with Crippen molar-refractivity contribution >= 4 is 16.9 Å². The van der Waals surface area contributed by atoms with Crippen LogP contribution in [0, 0.1) is 13.8 Å². The Labute approximate surface area is 175 Å². The predicted octanol–water partition coefficient (Wildman–Crippen LogP) is 4.30. The van der Waals surface area contributed by atoms with Crippen molar-refractivity contribution in [2.75, 3.05) is 13.2 Å². The second-order valence-electron chi connectivity index (χ2n) is 7.22. The van der Waals surface area contributed by atoms with Crippen LogP contribution in [0.1, 0.15) is 27.5 Å². The van der Waals surface area contributed by atoms with Crippen molar-refractivity contribution in [2.24, 2.45) is 0 Å². The largest absolute Gasteiger partial charge is 0.491 e. The van der Waals surface area contributed by atoms with Gasteiger partial charge in [-0.25, -0.2) is 4.98 Å². The van der Waals surface area contributed by atoms with Crippen LogP contribution in [0.2, 0.25) is 0 Å². The molecule has 4 rings (SSSR count). The molecule has 0 bridgehead atoms. The van der Waals surface area contributed by atoms with Crippen LogP contribution in [-0.2, 0) is 13.0 Å². The first-order valence-corrected chi connectivity index (χ1v) is 10.1. The van der Waals surface area contributed by atoms with Gasteiger partial charge in [-0.15, -0.1) is 0 Å². The third kappa shape index (κ3) is 4.22. The minimum Gasteiger partial charge on any atom is -0.491 e. The van der Waals surface area contributed by atoms with Gasteiger partial charge in [0.2, 0.25) is 0 Å². The molecule has 1 amide bonds. The van der Waals surface area contributed by atoms with Crippen LogP contribution in [-0.4, -0.2) is 28.6 Å². The number of imidazole rings is 1. The van der Waals surface area contributed by atoms with Crippen molar-refractivity contribution < 1.29 is 13.9 Å². The van der Waals surface area contributed by atoms with Gasteiger partial charge >= 0.3 is 0 Å². The maximum absolute atomic E-state index is 12.1. The molecule has 2 aromatic heterocycles. The number of hydrogen-bond donors (Lipinski definition) is 1. The lowest BCUT2D eigenvalue weighted by atomic mass is 10.1. The minimum atomic E-state index is -0.221. The average molecular weight is 403 g/mol. The zero-order chi connectivity index (χ0) is 20.9. The Bertz CT molecular complexity index is 1130. The molecule has 0 spiro atoms. The molecule has 0 aliphatic rings. The van der Waals surface area contributed by atoms with Crippen LogP contribution in [0.3, 0.4) is 0 Å². The minimum absolute atomic E-state index is 0.221. The number of fused-ring (bicyclic) bond motifs is 1. The molecule has 2 heterocycles. The lowest BCUT2D eigenvalue weighted by molar-refractivity contribution is 0.0926. The smallest absolute Gasteiger partial charge is 0.286 e. The zero-order valence-electron chi connectivity index (χ0n) is 17.2. The Kier molecular flexibility index (Phi) is 5.84. The zero-order valence-corrected chi connectivity index (χ0v) is 17.2. The number of hydrogen-bond acceptors (Lipinski definition) is 4. The third-order valence-corrected chi connectivity index (χ3v) is 5.08. The summed E-state index contributed by atoms with van der Waals surface area (Å²) in [5.74, 6) is 1.95. The Morgan fingerprint density at radius 3 is 2.63 bits per heavy atom. The number of carbonyl (C=O) groups excluding carboxylic acids is 1. The van der Waals surface area contributed by atoms with Gasteiger partial charge in [0.25, 0.3) is 5.91 Å². The van der Waals surface area contributed by atoms with E-state index in [0.717, 1.165) is 33.7 Å². The molecule has 0 saturated carbocycles. The van der Waals surface area contributed by atoms with Crippen LogP contribution >= 0.6 is 0 Å². The molecule has 154 valence electrons. The van der Waals surface area contributed by atoms with Crippen LogP contribution in [0.5, 0.6) is 5.75 Å². The summed E-state index contributed by atoms with van der Waals surface area (Å²) < 4.78 is 13.4. The molecule has 2 aromatic carbocycles. The van der Waals surface area contributed by atoms with E-state index in [1.165, 1.54) is 6.26 Å². The summed E-state index contributed by atoms with van der Waals surface area (Å²) in [4.78, 5) is 16.9. The topological polar surface area (TPSA) is 69.3 Å². The molecule has 0 unspecified atom stereocenters. The van der Waals surface area contributed by atoms with Gasteiger partial charge in [-0.2, -0.15) is 0 Å². The van der Waals surface area contributed by atoms with E-state index in [-0.39, 0.29) is 5.91 Å². The number of nitrogens with one attached hydrogen (secondary N) is 1. The Morgan fingerprint density at radius 2 is 1.87 bits per heavy atom. The third-order valence-electron chi connectivity index (χ3n) is 5.08. The molecule has 6 nitrogen and oxygen atoms in total. The van der Waals surface area contributed by atoms with Gasteiger partial charge in [0.15, 0.2) is 5.76 Å². The van der Waals surface area contributed by atoms with Gasteiger partial charge in [0.1, 0.15) is 18.2 Å². The summed E-state index contributed by atoms with van der Waals surface area (Å²) in [5, 5.41) is 2.88. The van der Waals surface area contributed by atoms with Crippen LogP contribution in [0.25, 0.3) is 11.0 Å². The van der Waals surface area contributed by atoms with Crippen molar-refractivity contribution in [1.29, 1.82) is 0 Å². The normalized spacial score (nSPS) is 11.0. The highest BCUT2D eigenvalue weighted by Gasteiger charge is 2.13. The Balaban J connectivity index is 1.45. The summed E-state index contributed by atoms with van der Waals surface area (Å²) in [5.41, 5.74) is 4.27.